The van der Waals surface area contributed by atoms with Crippen LogP contribution in [0.3, 0.4) is 0 Å². The van der Waals surface area contributed by atoms with Crippen LogP contribution in [0.4, 0.5) is 0 Å². The minimum absolute atomic E-state index is 0.209. The summed E-state index contributed by atoms with van der Waals surface area (Å²) in [5, 5.41) is 18.4. The second kappa shape index (κ2) is 7.53. The molecule has 0 aliphatic rings. The lowest BCUT2D eigenvalue weighted by Crippen LogP contribution is -2.14. The van der Waals surface area contributed by atoms with Crippen LogP contribution in [-0.2, 0) is 4.74 Å². The molecule has 0 radical (unpaired) electrons. The Bertz CT molecular complexity index is 95.8. The molecule has 0 aliphatic carbocycles. The lowest BCUT2D eigenvalue weighted by atomic mass is 10.1. The van der Waals surface area contributed by atoms with Gasteiger partial charge in [-0.05, 0) is 25.7 Å². The fourth-order valence-electron chi connectivity index (χ4n) is 1.07. The van der Waals surface area contributed by atoms with Gasteiger partial charge in [-0.15, -0.1) is 0 Å². The van der Waals surface area contributed by atoms with Gasteiger partial charge in [0.2, 0.25) is 0 Å². The Morgan fingerprint density at radius 1 is 1.17 bits per heavy atom. The number of aliphatic hydroxyl groups excluding tert-OH is 2. The van der Waals surface area contributed by atoms with Crippen molar-refractivity contribution in [3.63, 3.8) is 0 Å². The third kappa shape index (κ3) is 6.58. The maximum atomic E-state index is 9.23. The first-order valence-corrected chi connectivity index (χ1v) is 4.55. The molecule has 0 aromatic rings. The van der Waals surface area contributed by atoms with Gasteiger partial charge in [0.25, 0.3) is 0 Å². The Labute approximate surface area is 74.4 Å². The van der Waals surface area contributed by atoms with E-state index >= 15 is 0 Å². The quantitative estimate of drug-likeness (QED) is 0.607. The number of methoxy groups -OCH3 is 1. The predicted molar refractivity (Wildman–Crippen MR) is 48.0 cm³/mol. The smallest absolute Gasteiger partial charge is 0.0773 e. The standard InChI is InChI=1S/C9H20O3/c1-3-8(10)5-4-6-9(11)7-12-2/h8-11H,3-7H2,1-2H3. The van der Waals surface area contributed by atoms with Crippen LogP contribution in [0.15, 0.2) is 0 Å². The molecular formula is C9H20O3. The summed E-state index contributed by atoms with van der Waals surface area (Å²) in [5.41, 5.74) is 0. The average Bonchev–Trinajstić information content (AvgIpc) is 2.04. The van der Waals surface area contributed by atoms with Gasteiger partial charge in [-0.2, -0.15) is 0 Å². The molecule has 0 bridgehead atoms. The van der Waals surface area contributed by atoms with E-state index in [9.17, 15) is 10.2 Å². The number of rotatable bonds is 7. The topological polar surface area (TPSA) is 49.7 Å². The van der Waals surface area contributed by atoms with Crippen molar-refractivity contribution >= 4 is 0 Å². The lowest BCUT2D eigenvalue weighted by Gasteiger charge is -2.10. The van der Waals surface area contributed by atoms with E-state index in [1.54, 1.807) is 7.11 Å². The molecule has 3 nitrogen and oxygen atoms in total. The van der Waals surface area contributed by atoms with Crippen molar-refractivity contribution in [2.24, 2.45) is 0 Å². The molecule has 0 aromatic heterocycles. The van der Waals surface area contributed by atoms with Gasteiger partial charge >= 0.3 is 0 Å². The third-order valence-corrected chi connectivity index (χ3v) is 1.90. The Kier molecular flexibility index (Phi) is 7.45. The van der Waals surface area contributed by atoms with Crippen molar-refractivity contribution in [3.05, 3.63) is 0 Å². The number of ether oxygens (including phenoxy) is 1. The van der Waals surface area contributed by atoms with Gasteiger partial charge in [0.1, 0.15) is 0 Å². The predicted octanol–water partition coefficient (Wildman–Crippen LogP) is 0.935. The molecule has 12 heavy (non-hydrogen) atoms. The van der Waals surface area contributed by atoms with Gasteiger partial charge in [-0.3, -0.25) is 0 Å². The van der Waals surface area contributed by atoms with E-state index in [4.69, 9.17) is 4.74 Å². The molecule has 0 rings (SSSR count). The van der Waals surface area contributed by atoms with Gasteiger partial charge in [0.15, 0.2) is 0 Å². The number of aliphatic hydroxyl groups is 2. The second-order valence-electron chi connectivity index (χ2n) is 3.10. The maximum absolute atomic E-state index is 9.23. The first-order valence-electron chi connectivity index (χ1n) is 4.55. The molecule has 0 heterocycles. The molecule has 0 aromatic carbocycles. The average molecular weight is 176 g/mol. The summed E-state index contributed by atoms with van der Waals surface area (Å²) in [5.74, 6) is 0. The van der Waals surface area contributed by atoms with E-state index in [0.29, 0.717) is 13.0 Å². The van der Waals surface area contributed by atoms with E-state index in [2.05, 4.69) is 0 Å². The third-order valence-electron chi connectivity index (χ3n) is 1.90. The van der Waals surface area contributed by atoms with Crippen LogP contribution < -0.4 is 0 Å². The summed E-state index contributed by atoms with van der Waals surface area (Å²) >= 11 is 0. The normalized spacial score (nSPS) is 16.0. The number of hydrogen-bond acceptors (Lipinski definition) is 3. The molecule has 0 aliphatic heterocycles. The first kappa shape index (κ1) is 11.9. The van der Waals surface area contributed by atoms with Crippen LogP contribution in [0.25, 0.3) is 0 Å². The highest BCUT2D eigenvalue weighted by molar-refractivity contribution is 4.57. The molecule has 2 atom stereocenters. The first-order chi connectivity index (χ1) is 5.70. The highest BCUT2D eigenvalue weighted by atomic mass is 16.5. The summed E-state index contributed by atoms with van der Waals surface area (Å²) in [7, 11) is 1.57. The highest BCUT2D eigenvalue weighted by Crippen LogP contribution is 2.06. The Morgan fingerprint density at radius 2 is 1.75 bits per heavy atom. The van der Waals surface area contributed by atoms with Crippen LogP contribution in [0.1, 0.15) is 32.6 Å². The van der Waals surface area contributed by atoms with E-state index < -0.39 is 0 Å². The van der Waals surface area contributed by atoms with Crippen molar-refractivity contribution in [2.45, 2.75) is 44.8 Å². The van der Waals surface area contributed by atoms with Crippen molar-refractivity contribution in [3.8, 4) is 0 Å². The molecule has 3 heteroatoms. The largest absolute Gasteiger partial charge is 0.393 e. The summed E-state index contributed by atoms with van der Waals surface area (Å²) in [6.45, 7) is 2.35. The zero-order chi connectivity index (χ0) is 9.40. The highest BCUT2D eigenvalue weighted by Gasteiger charge is 2.05. The molecule has 2 unspecified atom stereocenters. The van der Waals surface area contributed by atoms with Crippen molar-refractivity contribution < 1.29 is 14.9 Å². The minimum atomic E-state index is -0.376. The monoisotopic (exact) mass is 176 g/mol. The molecule has 0 spiro atoms. The van der Waals surface area contributed by atoms with Crippen LogP contribution in [0.5, 0.6) is 0 Å². The summed E-state index contributed by atoms with van der Waals surface area (Å²) in [6, 6.07) is 0. The number of hydrogen-bond donors (Lipinski definition) is 2. The van der Waals surface area contributed by atoms with E-state index in [1.165, 1.54) is 0 Å². The van der Waals surface area contributed by atoms with Crippen molar-refractivity contribution in [1.29, 1.82) is 0 Å². The minimum Gasteiger partial charge on any atom is -0.393 e. The molecule has 2 N–H and O–H groups in total. The van der Waals surface area contributed by atoms with Gasteiger partial charge in [0, 0.05) is 7.11 Å². The Morgan fingerprint density at radius 3 is 2.25 bits per heavy atom. The molecule has 74 valence electrons. The van der Waals surface area contributed by atoms with Gasteiger partial charge < -0.3 is 14.9 Å². The van der Waals surface area contributed by atoms with E-state index in [0.717, 1.165) is 19.3 Å². The Balaban J connectivity index is 3.18. The van der Waals surface area contributed by atoms with Crippen LogP contribution in [0, 0.1) is 0 Å². The Hall–Kier alpha value is -0.120. The van der Waals surface area contributed by atoms with Crippen LogP contribution in [0.2, 0.25) is 0 Å². The van der Waals surface area contributed by atoms with Crippen molar-refractivity contribution in [2.75, 3.05) is 13.7 Å². The molecule has 0 saturated heterocycles. The molecule has 0 fully saturated rings. The molecular weight excluding hydrogens is 156 g/mol. The summed E-state index contributed by atoms with van der Waals surface area (Å²) in [6.07, 6.45) is 2.56. The van der Waals surface area contributed by atoms with E-state index in [-0.39, 0.29) is 12.2 Å². The van der Waals surface area contributed by atoms with Gasteiger partial charge in [-0.1, -0.05) is 6.92 Å². The maximum Gasteiger partial charge on any atom is 0.0773 e. The second-order valence-corrected chi connectivity index (χ2v) is 3.10. The molecule has 0 amide bonds. The zero-order valence-electron chi connectivity index (χ0n) is 7.99. The van der Waals surface area contributed by atoms with Crippen LogP contribution >= 0.6 is 0 Å². The zero-order valence-corrected chi connectivity index (χ0v) is 7.99. The van der Waals surface area contributed by atoms with E-state index in [1.807, 2.05) is 6.92 Å². The van der Waals surface area contributed by atoms with Gasteiger partial charge in [-0.25, -0.2) is 0 Å². The summed E-state index contributed by atoms with van der Waals surface area (Å²) in [4.78, 5) is 0. The van der Waals surface area contributed by atoms with Crippen LogP contribution in [-0.4, -0.2) is 36.1 Å². The summed E-state index contributed by atoms with van der Waals surface area (Å²) < 4.78 is 4.77. The fourth-order valence-corrected chi connectivity index (χ4v) is 1.07. The lowest BCUT2D eigenvalue weighted by molar-refractivity contribution is 0.0541. The van der Waals surface area contributed by atoms with Crippen molar-refractivity contribution in [1.82, 2.24) is 0 Å². The fraction of sp³-hybridized carbons (Fsp3) is 1.00. The SMILES string of the molecule is CCC(O)CCCC(O)COC. The van der Waals surface area contributed by atoms with Gasteiger partial charge in [0.05, 0.1) is 18.8 Å². The molecule has 0 saturated carbocycles.